The Hall–Kier alpha value is -1.55. The van der Waals surface area contributed by atoms with Crippen LogP contribution in [0.1, 0.15) is 18.6 Å². The highest BCUT2D eigenvalue weighted by atomic mass is 16.5. The van der Waals surface area contributed by atoms with Gasteiger partial charge in [0.2, 0.25) is 5.91 Å². The van der Waals surface area contributed by atoms with Crippen molar-refractivity contribution in [2.75, 3.05) is 26.8 Å². The number of carbonyl (C=O) groups excluding carboxylic acids is 1. The summed E-state index contributed by atoms with van der Waals surface area (Å²) in [4.78, 5) is 13.2. The predicted octanol–water partition coefficient (Wildman–Crippen LogP) is 1.61. The third-order valence-electron chi connectivity index (χ3n) is 2.98. The highest BCUT2D eigenvalue weighted by Crippen LogP contribution is 2.25. The van der Waals surface area contributed by atoms with Crippen LogP contribution in [0.5, 0.6) is 5.75 Å². The molecule has 0 N–H and O–H groups in total. The standard InChI is InChI=1S/C13H17NO3/c1-10(15)14-6-7-17-13(9-14)11-4-3-5-12(8-11)16-2/h3-5,8,13H,6-7,9H2,1-2H3. The molecule has 4 nitrogen and oxygen atoms in total. The van der Waals surface area contributed by atoms with Crippen LogP contribution >= 0.6 is 0 Å². The van der Waals surface area contributed by atoms with E-state index in [1.165, 1.54) is 0 Å². The Morgan fingerprint density at radius 1 is 1.53 bits per heavy atom. The molecule has 1 aromatic carbocycles. The molecule has 0 bridgehead atoms. The van der Waals surface area contributed by atoms with E-state index in [4.69, 9.17) is 9.47 Å². The van der Waals surface area contributed by atoms with Gasteiger partial charge in [0.05, 0.1) is 20.3 Å². The maximum Gasteiger partial charge on any atom is 0.219 e. The van der Waals surface area contributed by atoms with Gasteiger partial charge >= 0.3 is 0 Å². The second kappa shape index (κ2) is 5.19. The molecule has 1 atom stereocenters. The van der Waals surface area contributed by atoms with Gasteiger partial charge in [-0.1, -0.05) is 12.1 Å². The number of amides is 1. The zero-order valence-corrected chi connectivity index (χ0v) is 10.2. The summed E-state index contributed by atoms with van der Waals surface area (Å²) < 4.78 is 10.9. The van der Waals surface area contributed by atoms with Gasteiger partial charge in [0.15, 0.2) is 0 Å². The van der Waals surface area contributed by atoms with Gasteiger partial charge in [-0.05, 0) is 17.7 Å². The van der Waals surface area contributed by atoms with Gasteiger partial charge in [-0.25, -0.2) is 0 Å². The predicted molar refractivity (Wildman–Crippen MR) is 63.9 cm³/mol. The number of methoxy groups -OCH3 is 1. The summed E-state index contributed by atoms with van der Waals surface area (Å²) in [5, 5.41) is 0. The molecule has 1 aliphatic heterocycles. The molecule has 0 radical (unpaired) electrons. The molecule has 1 aromatic rings. The zero-order valence-electron chi connectivity index (χ0n) is 10.2. The quantitative estimate of drug-likeness (QED) is 0.781. The lowest BCUT2D eigenvalue weighted by Crippen LogP contribution is -2.41. The second-order valence-corrected chi connectivity index (χ2v) is 4.10. The van der Waals surface area contributed by atoms with Crippen LogP contribution in [0, 0.1) is 0 Å². The monoisotopic (exact) mass is 235 g/mol. The Bertz CT molecular complexity index is 405. The van der Waals surface area contributed by atoms with E-state index in [0.717, 1.165) is 11.3 Å². The number of benzene rings is 1. The van der Waals surface area contributed by atoms with Crippen LogP contribution in [0.25, 0.3) is 0 Å². The molecule has 0 saturated carbocycles. The Morgan fingerprint density at radius 3 is 3.06 bits per heavy atom. The van der Waals surface area contributed by atoms with Crippen LogP contribution in [0.15, 0.2) is 24.3 Å². The van der Waals surface area contributed by atoms with Crippen molar-refractivity contribution >= 4 is 5.91 Å². The number of hydrogen-bond acceptors (Lipinski definition) is 3. The molecule has 4 heteroatoms. The lowest BCUT2D eigenvalue weighted by molar-refractivity contribution is -0.136. The van der Waals surface area contributed by atoms with E-state index < -0.39 is 0 Å². The highest BCUT2D eigenvalue weighted by Gasteiger charge is 2.23. The van der Waals surface area contributed by atoms with Gasteiger partial charge in [-0.2, -0.15) is 0 Å². The van der Waals surface area contributed by atoms with Crippen LogP contribution in [-0.4, -0.2) is 37.6 Å². The van der Waals surface area contributed by atoms with E-state index in [0.29, 0.717) is 19.7 Å². The van der Waals surface area contributed by atoms with Crippen molar-refractivity contribution < 1.29 is 14.3 Å². The summed E-state index contributed by atoms with van der Waals surface area (Å²) in [6, 6.07) is 7.78. The van der Waals surface area contributed by atoms with Crippen LogP contribution in [0.4, 0.5) is 0 Å². The van der Waals surface area contributed by atoms with Crippen LogP contribution < -0.4 is 4.74 Å². The van der Waals surface area contributed by atoms with E-state index in [1.807, 2.05) is 29.2 Å². The Balaban J connectivity index is 2.13. The lowest BCUT2D eigenvalue weighted by Gasteiger charge is -2.32. The van der Waals surface area contributed by atoms with Crippen LogP contribution in [-0.2, 0) is 9.53 Å². The van der Waals surface area contributed by atoms with Crippen LogP contribution in [0.2, 0.25) is 0 Å². The van der Waals surface area contributed by atoms with E-state index in [1.54, 1.807) is 14.0 Å². The van der Waals surface area contributed by atoms with Crippen molar-refractivity contribution in [1.29, 1.82) is 0 Å². The largest absolute Gasteiger partial charge is 0.497 e. The average molecular weight is 235 g/mol. The molecule has 2 rings (SSSR count). The normalized spacial score (nSPS) is 20.1. The summed E-state index contributed by atoms with van der Waals surface area (Å²) in [6.45, 7) is 3.47. The van der Waals surface area contributed by atoms with E-state index in [2.05, 4.69) is 0 Å². The van der Waals surface area contributed by atoms with E-state index in [9.17, 15) is 4.79 Å². The molecule has 0 spiro atoms. The smallest absolute Gasteiger partial charge is 0.219 e. The minimum absolute atomic E-state index is 0.0530. The topological polar surface area (TPSA) is 38.8 Å². The summed E-state index contributed by atoms with van der Waals surface area (Å²) in [5.41, 5.74) is 1.05. The van der Waals surface area contributed by atoms with Gasteiger partial charge in [0.1, 0.15) is 11.9 Å². The fourth-order valence-electron chi connectivity index (χ4n) is 1.98. The van der Waals surface area contributed by atoms with Crippen molar-refractivity contribution in [3.8, 4) is 5.75 Å². The second-order valence-electron chi connectivity index (χ2n) is 4.10. The maximum absolute atomic E-state index is 11.3. The molecule has 0 aromatic heterocycles. The molecule has 1 fully saturated rings. The van der Waals surface area contributed by atoms with Gasteiger partial charge < -0.3 is 14.4 Å². The lowest BCUT2D eigenvalue weighted by atomic mass is 10.1. The van der Waals surface area contributed by atoms with Crippen molar-refractivity contribution in [2.24, 2.45) is 0 Å². The first-order valence-electron chi connectivity index (χ1n) is 5.72. The molecule has 1 aliphatic rings. The van der Waals surface area contributed by atoms with E-state index in [-0.39, 0.29) is 12.0 Å². The summed E-state index contributed by atoms with van der Waals surface area (Å²) in [7, 11) is 1.64. The Kier molecular flexibility index (Phi) is 3.64. The summed E-state index contributed by atoms with van der Waals surface area (Å²) in [6.07, 6.45) is -0.0530. The van der Waals surface area contributed by atoms with Gasteiger partial charge in [-0.15, -0.1) is 0 Å². The fraction of sp³-hybridized carbons (Fsp3) is 0.462. The first kappa shape index (κ1) is 11.9. The SMILES string of the molecule is COc1cccc(C2CN(C(C)=O)CCO2)c1. The van der Waals surface area contributed by atoms with Gasteiger partial charge in [0.25, 0.3) is 0 Å². The minimum atomic E-state index is -0.0530. The molecular formula is C13H17NO3. The molecule has 1 unspecified atom stereocenters. The maximum atomic E-state index is 11.3. The Labute approximate surface area is 101 Å². The number of carbonyl (C=O) groups is 1. The molecule has 1 amide bonds. The Morgan fingerprint density at radius 2 is 2.35 bits per heavy atom. The number of ether oxygens (including phenoxy) is 2. The third kappa shape index (κ3) is 2.77. The van der Waals surface area contributed by atoms with Crippen molar-refractivity contribution in [3.05, 3.63) is 29.8 Å². The third-order valence-corrected chi connectivity index (χ3v) is 2.98. The van der Waals surface area contributed by atoms with Crippen molar-refractivity contribution in [1.82, 2.24) is 4.90 Å². The average Bonchev–Trinajstić information content (AvgIpc) is 2.39. The molecule has 1 heterocycles. The first-order chi connectivity index (χ1) is 8.20. The molecule has 1 saturated heterocycles. The number of nitrogens with zero attached hydrogens (tertiary/aromatic N) is 1. The molecule has 17 heavy (non-hydrogen) atoms. The van der Waals surface area contributed by atoms with Gasteiger partial charge in [-0.3, -0.25) is 4.79 Å². The number of morpholine rings is 1. The molecule has 92 valence electrons. The van der Waals surface area contributed by atoms with Crippen molar-refractivity contribution in [3.63, 3.8) is 0 Å². The van der Waals surface area contributed by atoms with E-state index >= 15 is 0 Å². The van der Waals surface area contributed by atoms with Gasteiger partial charge in [0, 0.05) is 13.5 Å². The first-order valence-corrected chi connectivity index (χ1v) is 5.72. The molecular weight excluding hydrogens is 218 g/mol. The molecule has 0 aliphatic carbocycles. The zero-order chi connectivity index (χ0) is 12.3. The summed E-state index contributed by atoms with van der Waals surface area (Å²) in [5.74, 6) is 0.909. The fourth-order valence-corrected chi connectivity index (χ4v) is 1.98. The summed E-state index contributed by atoms with van der Waals surface area (Å²) >= 11 is 0. The van der Waals surface area contributed by atoms with Crippen LogP contribution in [0.3, 0.4) is 0 Å². The highest BCUT2D eigenvalue weighted by molar-refractivity contribution is 5.73. The van der Waals surface area contributed by atoms with Crippen molar-refractivity contribution in [2.45, 2.75) is 13.0 Å². The number of hydrogen-bond donors (Lipinski definition) is 0. The number of rotatable bonds is 2. The minimum Gasteiger partial charge on any atom is -0.497 e.